The van der Waals surface area contributed by atoms with Gasteiger partial charge in [0.15, 0.2) is 0 Å². The third kappa shape index (κ3) is 2.85. The maximum absolute atomic E-state index is 11.7. The van der Waals surface area contributed by atoms with Crippen LogP contribution in [0.5, 0.6) is 0 Å². The van der Waals surface area contributed by atoms with Crippen LogP contribution >= 0.6 is 0 Å². The zero-order valence-electron chi connectivity index (χ0n) is 11.7. The van der Waals surface area contributed by atoms with Gasteiger partial charge in [0.25, 0.3) is 10.9 Å². The van der Waals surface area contributed by atoms with Crippen molar-refractivity contribution in [3.05, 3.63) is 80.6 Å². The highest BCUT2D eigenvalue weighted by molar-refractivity contribution is 5.73. The van der Waals surface area contributed by atoms with Crippen LogP contribution in [-0.2, 0) is 13.1 Å². The fraction of sp³-hybridized carbons (Fsp3) is 0.125. The molecule has 0 amide bonds. The Morgan fingerprint density at radius 1 is 0.773 bits per heavy atom. The lowest BCUT2D eigenvalue weighted by Crippen LogP contribution is -2.37. The van der Waals surface area contributed by atoms with Crippen molar-refractivity contribution in [2.24, 2.45) is 0 Å². The summed E-state index contributed by atoms with van der Waals surface area (Å²) in [6.07, 6.45) is 6.76. The molecule has 6 heteroatoms. The largest absolute Gasteiger partial charge is 0.376 e. The van der Waals surface area contributed by atoms with Crippen molar-refractivity contribution in [3.63, 3.8) is 0 Å². The molecule has 0 aliphatic heterocycles. The number of anilines is 2. The zero-order valence-corrected chi connectivity index (χ0v) is 11.7. The summed E-state index contributed by atoms with van der Waals surface area (Å²) in [4.78, 5) is 31.3. The van der Waals surface area contributed by atoms with E-state index in [4.69, 9.17) is 0 Å². The fourth-order valence-corrected chi connectivity index (χ4v) is 2.11. The van der Waals surface area contributed by atoms with E-state index < -0.39 is 10.9 Å². The van der Waals surface area contributed by atoms with Crippen LogP contribution in [0.1, 0.15) is 11.1 Å². The molecule has 22 heavy (non-hydrogen) atoms. The molecule has 3 aromatic rings. The lowest BCUT2D eigenvalue weighted by Gasteiger charge is -2.14. The molecule has 0 unspecified atom stereocenters. The summed E-state index contributed by atoms with van der Waals surface area (Å²) in [5.74, 6) is 0. The Hall–Kier alpha value is -3.02. The normalized spacial score (nSPS) is 10.5. The van der Waals surface area contributed by atoms with Gasteiger partial charge in [0.2, 0.25) is 0 Å². The van der Waals surface area contributed by atoms with Crippen LogP contribution in [0.3, 0.4) is 0 Å². The number of nitrogens with one attached hydrogen (secondary N) is 2. The molecule has 2 N–H and O–H groups in total. The molecule has 0 saturated heterocycles. The summed E-state index contributed by atoms with van der Waals surface area (Å²) in [7, 11) is 0. The van der Waals surface area contributed by atoms with Crippen LogP contribution in [0.25, 0.3) is 0 Å². The van der Waals surface area contributed by atoms with Gasteiger partial charge in [-0.3, -0.25) is 19.6 Å². The lowest BCUT2D eigenvalue weighted by atomic mass is 10.1. The Balaban J connectivity index is 1.67. The average Bonchev–Trinajstić information content (AvgIpc) is 2.58. The maximum atomic E-state index is 11.7. The second kappa shape index (κ2) is 6.17. The first-order valence-corrected chi connectivity index (χ1v) is 6.84. The molecule has 2 heterocycles. The van der Waals surface area contributed by atoms with E-state index in [9.17, 15) is 9.59 Å². The highest BCUT2D eigenvalue weighted by Crippen LogP contribution is 2.16. The fourth-order valence-electron chi connectivity index (χ4n) is 2.11. The average molecular weight is 294 g/mol. The monoisotopic (exact) mass is 294 g/mol. The third-order valence-corrected chi connectivity index (χ3v) is 3.32. The summed E-state index contributed by atoms with van der Waals surface area (Å²) in [5.41, 5.74) is 1.63. The van der Waals surface area contributed by atoms with Crippen molar-refractivity contribution in [1.82, 2.24) is 9.97 Å². The third-order valence-electron chi connectivity index (χ3n) is 3.32. The van der Waals surface area contributed by atoms with Crippen LogP contribution in [0, 0.1) is 0 Å². The second-order valence-corrected chi connectivity index (χ2v) is 4.83. The number of rotatable bonds is 6. The summed E-state index contributed by atoms with van der Waals surface area (Å²) < 4.78 is 0. The summed E-state index contributed by atoms with van der Waals surface area (Å²) in [5, 5.41) is 6.00. The Bertz CT molecular complexity index is 753. The SMILES string of the molecule is O=c1c(NCc2ccncc2)c(NCc2cccnc2)c1=O. The minimum absolute atomic E-state index is 0.336. The van der Waals surface area contributed by atoms with Crippen LogP contribution in [0.2, 0.25) is 0 Å². The predicted octanol–water partition coefficient (Wildman–Crippen LogP) is 1.30. The maximum Gasteiger partial charge on any atom is 0.253 e. The summed E-state index contributed by atoms with van der Waals surface area (Å²) >= 11 is 0. The molecule has 0 fully saturated rings. The van der Waals surface area contributed by atoms with E-state index >= 15 is 0 Å². The second-order valence-electron chi connectivity index (χ2n) is 4.83. The van der Waals surface area contributed by atoms with Gasteiger partial charge in [0.1, 0.15) is 11.4 Å². The van der Waals surface area contributed by atoms with Crippen molar-refractivity contribution in [2.75, 3.05) is 10.6 Å². The van der Waals surface area contributed by atoms with E-state index in [-0.39, 0.29) is 0 Å². The van der Waals surface area contributed by atoms with Gasteiger partial charge in [-0.2, -0.15) is 0 Å². The minimum atomic E-state index is -0.485. The first-order chi connectivity index (χ1) is 10.8. The van der Waals surface area contributed by atoms with Crippen molar-refractivity contribution < 1.29 is 0 Å². The first-order valence-electron chi connectivity index (χ1n) is 6.84. The Morgan fingerprint density at radius 2 is 1.41 bits per heavy atom. The van der Waals surface area contributed by atoms with Crippen LogP contribution in [-0.4, -0.2) is 9.97 Å². The van der Waals surface area contributed by atoms with Gasteiger partial charge in [-0.25, -0.2) is 0 Å². The number of hydrogen-bond acceptors (Lipinski definition) is 6. The highest BCUT2D eigenvalue weighted by atomic mass is 16.2. The molecule has 0 spiro atoms. The molecule has 110 valence electrons. The van der Waals surface area contributed by atoms with Crippen molar-refractivity contribution in [1.29, 1.82) is 0 Å². The summed E-state index contributed by atoms with van der Waals surface area (Å²) in [6.45, 7) is 0.914. The number of pyridine rings is 2. The van der Waals surface area contributed by atoms with Gasteiger partial charge in [0, 0.05) is 37.9 Å². The summed E-state index contributed by atoms with van der Waals surface area (Å²) in [6, 6.07) is 7.42. The van der Waals surface area contributed by atoms with Crippen molar-refractivity contribution in [3.8, 4) is 0 Å². The topological polar surface area (TPSA) is 84.0 Å². The van der Waals surface area contributed by atoms with E-state index in [1.165, 1.54) is 0 Å². The van der Waals surface area contributed by atoms with Gasteiger partial charge in [-0.1, -0.05) is 6.07 Å². The predicted molar refractivity (Wildman–Crippen MR) is 84.5 cm³/mol. The molecule has 3 rings (SSSR count). The minimum Gasteiger partial charge on any atom is -0.376 e. The molecule has 0 bridgehead atoms. The van der Waals surface area contributed by atoms with Gasteiger partial charge in [-0.15, -0.1) is 0 Å². The standard InChI is InChI=1S/C16H14N4O2/c21-15-13(19-9-11-3-6-17-7-4-11)14(16(15)22)20-10-12-2-1-5-18-8-12/h1-8,19-20H,9-10H2. The molecule has 0 aliphatic rings. The Morgan fingerprint density at radius 3 is 2.00 bits per heavy atom. The van der Waals surface area contributed by atoms with E-state index in [2.05, 4.69) is 20.6 Å². The van der Waals surface area contributed by atoms with Gasteiger partial charge in [0.05, 0.1) is 0 Å². The number of hydrogen-bond donors (Lipinski definition) is 2. The molecule has 0 saturated carbocycles. The van der Waals surface area contributed by atoms with E-state index in [0.29, 0.717) is 24.5 Å². The molecular formula is C16H14N4O2. The molecular weight excluding hydrogens is 280 g/mol. The van der Waals surface area contributed by atoms with Gasteiger partial charge in [-0.05, 0) is 29.3 Å². The molecule has 0 atom stereocenters. The van der Waals surface area contributed by atoms with Gasteiger partial charge >= 0.3 is 0 Å². The first kappa shape index (κ1) is 13.9. The molecule has 6 nitrogen and oxygen atoms in total. The number of nitrogens with zero attached hydrogens (tertiary/aromatic N) is 2. The molecule has 2 aromatic heterocycles. The van der Waals surface area contributed by atoms with Crippen molar-refractivity contribution in [2.45, 2.75) is 13.1 Å². The van der Waals surface area contributed by atoms with Crippen LogP contribution < -0.4 is 21.5 Å². The van der Waals surface area contributed by atoms with E-state index in [1.54, 1.807) is 24.8 Å². The van der Waals surface area contributed by atoms with Gasteiger partial charge < -0.3 is 10.6 Å². The molecule has 1 aromatic carbocycles. The van der Waals surface area contributed by atoms with Crippen LogP contribution in [0.4, 0.5) is 11.4 Å². The number of aromatic nitrogens is 2. The van der Waals surface area contributed by atoms with Crippen LogP contribution in [0.15, 0.2) is 58.6 Å². The molecule has 0 aliphatic carbocycles. The smallest absolute Gasteiger partial charge is 0.253 e. The van der Waals surface area contributed by atoms with E-state index in [0.717, 1.165) is 11.1 Å². The Kier molecular flexibility index (Phi) is 3.91. The highest BCUT2D eigenvalue weighted by Gasteiger charge is 2.20. The quantitative estimate of drug-likeness (QED) is 0.667. The van der Waals surface area contributed by atoms with E-state index in [1.807, 2.05) is 24.3 Å². The Labute approximate surface area is 126 Å². The lowest BCUT2D eigenvalue weighted by molar-refractivity contribution is 1.07. The zero-order chi connectivity index (χ0) is 15.4. The van der Waals surface area contributed by atoms with Crippen molar-refractivity contribution >= 4 is 11.4 Å². The molecule has 0 radical (unpaired) electrons.